The van der Waals surface area contributed by atoms with Crippen molar-refractivity contribution < 1.29 is 9.18 Å². The molecule has 0 atom stereocenters. The first-order chi connectivity index (χ1) is 8.65. The molecule has 0 spiro atoms. The highest BCUT2D eigenvalue weighted by atomic mass is 19.1. The van der Waals surface area contributed by atoms with Crippen molar-refractivity contribution >= 4 is 11.6 Å². The van der Waals surface area contributed by atoms with E-state index >= 15 is 0 Å². The molecule has 0 radical (unpaired) electrons. The molecule has 0 fully saturated rings. The Morgan fingerprint density at radius 2 is 2.22 bits per heavy atom. The van der Waals surface area contributed by atoms with Gasteiger partial charge in [-0.1, -0.05) is 12.1 Å². The standard InChI is InChI=1S/C14H11FN2O/c1-8-3-2-4-10(15)14(8)11-5-9-6-13(18)17-12(9)7-16-11/h2-5,7H,6H2,1H3,(H,17,18). The summed E-state index contributed by atoms with van der Waals surface area (Å²) in [6, 6.07) is 6.71. The molecule has 1 amide bonds. The molecular formula is C14H11FN2O. The van der Waals surface area contributed by atoms with Gasteiger partial charge in [0, 0.05) is 5.56 Å². The quantitative estimate of drug-likeness (QED) is 0.835. The second-order valence-electron chi connectivity index (χ2n) is 4.38. The molecule has 0 aliphatic carbocycles. The number of carbonyl (C=O) groups excluding carboxylic acids is 1. The molecule has 1 N–H and O–H groups in total. The zero-order valence-corrected chi connectivity index (χ0v) is 9.83. The van der Waals surface area contributed by atoms with E-state index in [1.807, 2.05) is 13.0 Å². The number of nitrogens with zero attached hydrogens (tertiary/aromatic N) is 1. The van der Waals surface area contributed by atoms with Crippen LogP contribution in [0.2, 0.25) is 0 Å². The number of amides is 1. The molecule has 18 heavy (non-hydrogen) atoms. The summed E-state index contributed by atoms with van der Waals surface area (Å²) in [4.78, 5) is 15.5. The van der Waals surface area contributed by atoms with Crippen LogP contribution in [0.4, 0.5) is 10.1 Å². The number of anilines is 1. The van der Waals surface area contributed by atoms with E-state index in [0.717, 1.165) is 16.8 Å². The summed E-state index contributed by atoms with van der Waals surface area (Å²) >= 11 is 0. The van der Waals surface area contributed by atoms with Crippen LogP contribution in [0, 0.1) is 12.7 Å². The largest absolute Gasteiger partial charge is 0.324 e. The highest BCUT2D eigenvalue weighted by Crippen LogP contribution is 2.29. The Balaban J connectivity index is 2.14. The minimum atomic E-state index is -0.292. The summed E-state index contributed by atoms with van der Waals surface area (Å²) in [6.45, 7) is 1.84. The average molecular weight is 242 g/mol. The van der Waals surface area contributed by atoms with Crippen molar-refractivity contribution in [2.24, 2.45) is 0 Å². The Morgan fingerprint density at radius 3 is 3.00 bits per heavy atom. The lowest BCUT2D eigenvalue weighted by Gasteiger charge is -2.07. The highest BCUT2D eigenvalue weighted by molar-refractivity contribution is 5.99. The van der Waals surface area contributed by atoms with Gasteiger partial charge in [0.15, 0.2) is 0 Å². The summed E-state index contributed by atoms with van der Waals surface area (Å²) in [7, 11) is 0. The molecule has 1 aliphatic heterocycles. The number of rotatable bonds is 1. The number of pyridine rings is 1. The summed E-state index contributed by atoms with van der Waals surface area (Å²) in [5, 5.41) is 2.71. The number of nitrogens with one attached hydrogen (secondary N) is 1. The van der Waals surface area contributed by atoms with Gasteiger partial charge in [-0.25, -0.2) is 4.39 Å². The minimum Gasteiger partial charge on any atom is -0.324 e. The van der Waals surface area contributed by atoms with E-state index in [-0.39, 0.29) is 11.7 Å². The van der Waals surface area contributed by atoms with Crippen LogP contribution in [0.1, 0.15) is 11.1 Å². The second-order valence-corrected chi connectivity index (χ2v) is 4.38. The van der Waals surface area contributed by atoms with Crippen LogP contribution >= 0.6 is 0 Å². The molecular weight excluding hydrogens is 231 g/mol. The van der Waals surface area contributed by atoms with Gasteiger partial charge in [0.1, 0.15) is 5.82 Å². The Hall–Kier alpha value is -2.23. The van der Waals surface area contributed by atoms with E-state index in [4.69, 9.17) is 0 Å². The van der Waals surface area contributed by atoms with Crippen molar-refractivity contribution in [2.45, 2.75) is 13.3 Å². The van der Waals surface area contributed by atoms with Crippen LogP contribution in [0.5, 0.6) is 0 Å². The van der Waals surface area contributed by atoms with Crippen LogP contribution in [-0.4, -0.2) is 10.9 Å². The number of aryl methyl sites for hydroxylation is 1. The molecule has 3 nitrogen and oxygen atoms in total. The Kier molecular flexibility index (Phi) is 2.37. The summed E-state index contributed by atoms with van der Waals surface area (Å²) < 4.78 is 13.8. The van der Waals surface area contributed by atoms with E-state index in [2.05, 4.69) is 10.3 Å². The fourth-order valence-corrected chi connectivity index (χ4v) is 2.22. The third-order valence-electron chi connectivity index (χ3n) is 3.09. The topological polar surface area (TPSA) is 42.0 Å². The molecule has 3 rings (SSSR count). The number of carbonyl (C=O) groups is 1. The maximum absolute atomic E-state index is 13.8. The van der Waals surface area contributed by atoms with Gasteiger partial charge in [-0.05, 0) is 30.2 Å². The third-order valence-corrected chi connectivity index (χ3v) is 3.09. The van der Waals surface area contributed by atoms with Gasteiger partial charge in [0.05, 0.1) is 24.0 Å². The van der Waals surface area contributed by atoms with Gasteiger partial charge in [-0.15, -0.1) is 0 Å². The molecule has 0 unspecified atom stereocenters. The number of hydrogen-bond acceptors (Lipinski definition) is 2. The normalized spacial score (nSPS) is 13.3. The van der Waals surface area contributed by atoms with Gasteiger partial charge >= 0.3 is 0 Å². The van der Waals surface area contributed by atoms with E-state index < -0.39 is 0 Å². The lowest BCUT2D eigenvalue weighted by Crippen LogP contribution is -2.03. The van der Waals surface area contributed by atoms with Gasteiger partial charge in [0.25, 0.3) is 0 Å². The van der Waals surface area contributed by atoms with Crippen molar-refractivity contribution in [1.29, 1.82) is 0 Å². The van der Waals surface area contributed by atoms with Gasteiger partial charge < -0.3 is 5.32 Å². The molecule has 0 bridgehead atoms. The molecule has 1 aromatic heterocycles. The van der Waals surface area contributed by atoms with Gasteiger partial charge in [0.2, 0.25) is 5.91 Å². The molecule has 1 aromatic carbocycles. The number of halogens is 1. The molecule has 2 aromatic rings. The maximum atomic E-state index is 13.8. The van der Waals surface area contributed by atoms with Gasteiger partial charge in [-0.3, -0.25) is 9.78 Å². The van der Waals surface area contributed by atoms with Crippen molar-refractivity contribution in [3.05, 3.63) is 47.4 Å². The predicted octanol–water partition coefficient (Wildman–Crippen LogP) is 2.69. The summed E-state index contributed by atoms with van der Waals surface area (Å²) in [5.74, 6) is -0.339. The van der Waals surface area contributed by atoms with E-state index in [9.17, 15) is 9.18 Å². The zero-order chi connectivity index (χ0) is 12.7. The summed E-state index contributed by atoms with van der Waals surface area (Å²) in [6.07, 6.45) is 1.92. The molecule has 1 aliphatic rings. The minimum absolute atomic E-state index is 0.0470. The van der Waals surface area contributed by atoms with Crippen molar-refractivity contribution in [3.63, 3.8) is 0 Å². The van der Waals surface area contributed by atoms with Crippen molar-refractivity contribution in [2.75, 3.05) is 5.32 Å². The van der Waals surface area contributed by atoms with Crippen molar-refractivity contribution in [3.8, 4) is 11.3 Å². The van der Waals surface area contributed by atoms with Crippen LogP contribution in [0.3, 0.4) is 0 Å². The zero-order valence-electron chi connectivity index (χ0n) is 9.83. The fourth-order valence-electron chi connectivity index (χ4n) is 2.22. The lowest BCUT2D eigenvalue weighted by atomic mass is 10.0. The molecule has 0 saturated heterocycles. The number of hydrogen-bond donors (Lipinski definition) is 1. The van der Waals surface area contributed by atoms with Crippen LogP contribution in [0.25, 0.3) is 11.3 Å². The Morgan fingerprint density at radius 1 is 1.39 bits per heavy atom. The van der Waals surface area contributed by atoms with Crippen LogP contribution in [-0.2, 0) is 11.2 Å². The predicted molar refractivity (Wildman–Crippen MR) is 66.7 cm³/mol. The third kappa shape index (κ3) is 1.66. The second kappa shape index (κ2) is 3.91. The summed E-state index contributed by atoms with van der Waals surface area (Å²) in [5.41, 5.74) is 3.49. The first-order valence-electron chi connectivity index (χ1n) is 5.69. The fraction of sp³-hybridized carbons (Fsp3) is 0.143. The number of aromatic nitrogens is 1. The smallest absolute Gasteiger partial charge is 0.228 e. The van der Waals surface area contributed by atoms with Crippen LogP contribution in [0.15, 0.2) is 30.5 Å². The number of fused-ring (bicyclic) bond motifs is 1. The van der Waals surface area contributed by atoms with E-state index in [0.29, 0.717) is 17.7 Å². The Labute approximate surface area is 104 Å². The SMILES string of the molecule is Cc1cccc(F)c1-c1cc2c(cn1)NC(=O)C2. The molecule has 0 saturated carbocycles. The first-order valence-corrected chi connectivity index (χ1v) is 5.69. The molecule has 2 heterocycles. The Bertz CT molecular complexity index is 632. The maximum Gasteiger partial charge on any atom is 0.228 e. The first kappa shape index (κ1) is 10.9. The van der Waals surface area contributed by atoms with Gasteiger partial charge in [-0.2, -0.15) is 0 Å². The average Bonchev–Trinajstić information content (AvgIpc) is 2.68. The van der Waals surface area contributed by atoms with Crippen molar-refractivity contribution in [1.82, 2.24) is 4.98 Å². The number of benzene rings is 1. The van der Waals surface area contributed by atoms with E-state index in [1.165, 1.54) is 6.07 Å². The molecule has 4 heteroatoms. The highest BCUT2D eigenvalue weighted by Gasteiger charge is 2.19. The molecule has 90 valence electrons. The van der Waals surface area contributed by atoms with E-state index in [1.54, 1.807) is 18.3 Å². The lowest BCUT2D eigenvalue weighted by molar-refractivity contribution is -0.115. The monoisotopic (exact) mass is 242 g/mol. The van der Waals surface area contributed by atoms with Crippen LogP contribution < -0.4 is 5.32 Å².